The molecule has 3 rings (SSSR count). The molecule has 0 saturated heterocycles. The lowest BCUT2D eigenvalue weighted by atomic mass is 9.93. The van der Waals surface area contributed by atoms with Gasteiger partial charge < -0.3 is 14.9 Å². The minimum Gasteiger partial charge on any atom is -0.496 e. The Labute approximate surface area is 124 Å². The minimum atomic E-state index is -0.210. The first-order chi connectivity index (χ1) is 10.1. The van der Waals surface area contributed by atoms with E-state index in [1.807, 2.05) is 37.3 Å². The van der Waals surface area contributed by atoms with Crippen molar-refractivity contribution < 1.29 is 9.15 Å². The molecule has 3 heteroatoms. The van der Waals surface area contributed by atoms with E-state index in [9.17, 15) is 0 Å². The van der Waals surface area contributed by atoms with E-state index < -0.39 is 0 Å². The fourth-order valence-electron chi connectivity index (χ4n) is 2.77. The molecular weight excluding hydrogens is 262 g/mol. The topological polar surface area (TPSA) is 48.4 Å². The standard InChI is InChI=1S/C18H19NO2/c1-11-9-17(20-3)12(2)8-14(11)18(19)15-10-21-16-7-5-4-6-13(15)16/h4-10,18H,19H2,1-3H3. The van der Waals surface area contributed by atoms with Crippen LogP contribution in [0.25, 0.3) is 11.0 Å². The van der Waals surface area contributed by atoms with Crippen LogP contribution in [0.4, 0.5) is 0 Å². The maximum Gasteiger partial charge on any atom is 0.134 e. The Kier molecular flexibility index (Phi) is 3.43. The largest absolute Gasteiger partial charge is 0.496 e. The molecule has 108 valence electrons. The van der Waals surface area contributed by atoms with Gasteiger partial charge in [0.05, 0.1) is 19.4 Å². The van der Waals surface area contributed by atoms with Gasteiger partial charge in [0.1, 0.15) is 11.3 Å². The molecule has 1 atom stereocenters. The third-order valence-corrected chi connectivity index (χ3v) is 3.96. The summed E-state index contributed by atoms with van der Waals surface area (Å²) < 4.78 is 11.0. The van der Waals surface area contributed by atoms with Crippen molar-refractivity contribution in [1.29, 1.82) is 0 Å². The van der Waals surface area contributed by atoms with E-state index in [0.717, 1.165) is 39.0 Å². The average molecular weight is 281 g/mol. The lowest BCUT2D eigenvalue weighted by Crippen LogP contribution is -2.13. The van der Waals surface area contributed by atoms with Crippen molar-refractivity contribution in [3.05, 3.63) is 64.9 Å². The molecule has 1 heterocycles. The number of hydrogen-bond donors (Lipinski definition) is 1. The summed E-state index contributed by atoms with van der Waals surface area (Å²) in [6.45, 7) is 4.08. The highest BCUT2D eigenvalue weighted by Gasteiger charge is 2.18. The van der Waals surface area contributed by atoms with E-state index >= 15 is 0 Å². The van der Waals surface area contributed by atoms with Crippen LogP contribution in [0.3, 0.4) is 0 Å². The van der Waals surface area contributed by atoms with Gasteiger partial charge in [0.2, 0.25) is 0 Å². The maximum absolute atomic E-state index is 6.49. The van der Waals surface area contributed by atoms with Crippen LogP contribution in [0.2, 0.25) is 0 Å². The molecule has 0 fully saturated rings. The number of furan rings is 1. The third kappa shape index (κ3) is 2.30. The summed E-state index contributed by atoms with van der Waals surface area (Å²) >= 11 is 0. The Balaban J connectivity index is 2.10. The van der Waals surface area contributed by atoms with Gasteiger partial charge in [-0.2, -0.15) is 0 Å². The summed E-state index contributed by atoms with van der Waals surface area (Å²) in [5.41, 5.74) is 11.7. The number of methoxy groups -OCH3 is 1. The molecule has 0 aliphatic rings. The Morgan fingerprint density at radius 3 is 2.57 bits per heavy atom. The van der Waals surface area contributed by atoms with Crippen LogP contribution in [0, 0.1) is 13.8 Å². The molecule has 0 bridgehead atoms. The van der Waals surface area contributed by atoms with Gasteiger partial charge in [-0.25, -0.2) is 0 Å². The first-order valence-electron chi connectivity index (χ1n) is 6.98. The second kappa shape index (κ2) is 5.26. The summed E-state index contributed by atoms with van der Waals surface area (Å²) in [6, 6.07) is 11.9. The summed E-state index contributed by atoms with van der Waals surface area (Å²) in [4.78, 5) is 0. The Hall–Kier alpha value is -2.26. The maximum atomic E-state index is 6.49. The van der Waals surface area contributed by atoms with E-state index in [0.29, 0.717) is 0 Å². The zero-order valence-corrected chi connectivity index (χ0v) is 12.5. The fraction of sp³-hybridized carbons (Fsp3) is 0.222. The average Bonchev–Trinajstić information content (AvgIpc) is 2.92. The van der Waals surface area contributed by atoms with Gasteiger partial charge in [-0.1, -0.05) is 24.3 Å². The smallest absolute Gasteiger partial charge is 0.134 e. The van der Waals surface area contributed by atoms with Crippen molar-refractivity contribution >= 4 is 11.0 Å². The van der Waals surface area contributed by atoms with Crippen LogP contribution in [0.15, 0.2) is 47.1 Å². The monoisotopic (exact) mass is 281 g/mol. The first-order valence-corrected chi connectivity index (χ1v) is 6.98. The zero-order chi connectivity index (χ0) is 15.0. The molecule has 0 spiro atoms. The number of rotatable bonds is 3. The van der Waals surface area contributed by atoms with E-state index in [2.05, 4.69) is 13.0 Å². The number of hydrogen-bond acceptors (Lipinski definition) is 3. The predicted octanol–water partition coefficient (Wildman–Crippen LogP) is 4.11. The zero-order valence-electron chi connectivity index (χ0n) is 12.5. The normalized spacial score (nSPS) is 12.6. The van der Waals surface area contributed by atoms with Crippen LogP contribution in [0.1, 0.15) is 28.3 Å². The molecule has 0 aliphatic carbocycles. The lowest BCUT2D eigenvalue weighted by Gasteiger charge is -2.16. The van der Waals surface area contributed by atoms with Crippen molar-refractivity contribution in [3.8, 4) is 5.75 Å². The SMILES string of the molecule is COc1cc(C)c(C(N)c2coc3ccccc23)cc1C. The molecule has 21 heavy (non-hydrogen) atoms. The van der Waals surface area contributed by atoms with Gasteiger partial charge in [-0.05, 0) is 42.7 Å². The van der Waals surface area contributed by atoms with Crippen LogP contribution in [0.5, 0.6) is 5.75 Å². The number of ether oxygens (including phenoxy) is 1. The van der Waals surface area contributed by atoms with Crippen LogP contribution in [-0.4, -0.2) is 7.11 Å². The minimum absolute atomic E-state index is 0.210. The molecule has 0 amide bonds. The number of nitrogens with two attached hydrogens (primary N) is 1. The highest BCUT2D eigenvalue weighted by Crippen LogP contribution is 2.33. The summed E-state index contributed by atoms with van der Waals surface area (Å²) in [6.07, 6.45) is 1.76. The molecule has 0 radical (unpaired) electrons. The summed E-state index contributed by atoms with van der Waals surface area (Å²) in [5.74, 6) is 0.889. The van der Waals surface area contributed by atoms with Crippen LogP contribution >= 0.6 is 0 Å². The van der Waals surface area contributed by atoms with Crippen molar-refractivity contribution in [2.24, 2.45) is 5.73 Å². The van der Waals surface area contributed by atoms with Crippen LogP contribution in [-0.2, 0) is 0 Å². The van der Waals surface area contributed by atoms with E-state index in [-0.39, 0.29) is 6.04 Å². The van der Waals surface area contributed by atoms with Crippen molar-refractivity contribution in [1.82, 2.24) is 0 Å². The lowest BCUT2D eigenvalue weighted by molar-refractivity contribution is 0.411. The number of aryl methyl sites for hydroxylation is 2. The highest BCUT2D eigenvalue weighted by molar-refractivity contribution is 5.82. The van der Waals surface area contributed by atoms with E-state index in [4.69, 9.17) is 14.9 Å². The first kappa shape index (κ1) is 13.7. The van der Waals surface area contributed by atoms with Gasteiger partial charge in [-0.15, -0.1) is 0 Å². The number of fused-ring (bicyclic) bond motifs is 1. The Bertz CT molecular complexity index is 789. The molecule has 2 N–H and O–H groups in total. The second-order valence-electron chi connectivity index (χ2n) is 5.34. The van der Waals surface area contributed by atoms with Gasteiger partial charge in [0.15, 0.2) is 0 Å². The molecule has 3 nitrogen and oxygen atoms in total. The van der Waals surface area contributed by atoms with E-state index in [1.54, 1.807) is 13.4 Å². The number of benzene rings is 2. The third-order valence-electron chi connectivity index (χ3n) is 3.96. The summed E-state index contributed by atoms with van der Waals surface area (Å²) in [7, 11) is 1.69. The van der Waals surface area contributed by atoms with Gasteiger partial charge in [-0.3, -0.25) is 0 Å². The molecule has 0 aliphatic heterocycles. The van der Waals surface area contributed by atoms with Gasteiger partial charge in [0, 0.05) is 10.9 Å². The van der Waals surface area contributed by atoms with Crippen molar-refractivity contribution in [2.45, 2.75) is 19.9 Å². The molecule has 2 aromatic carbocycles. The fourth-order valence-corrected chi connectivity index (χ4v) is 2.77. The summed E-state index contributed by atoms with van der Waals surface area (Å²) in [5, 5.41) is 1.07. The Morgan fingerprint density at radius 1 is 1.05 bits per heavy atom. The van der Waals surface area contributed by atoms with Gasteiger partial charge >= 0.3 is 0 Å². The molecule has 3 aromatic rings. The molecular formula is C18H19NO2. The van der Waals surface area contributed by atoms with Crippen LogP contribution < -0.4 is 10.5 Å². The molecule has 1 unspecified atom stereocenters. The second-order valence-corrected chi connectivity index (χ2v) is 5.34. The highest BCUT2D eigenvalue weighted by atomic mass is 16.5. The number of para-hydroxylation sites is 1. The predicted molar refractivity (Wildman–Crippen MR) is 84.7 cm³/mol. The van der Waals surface area contributed by atoms with Crippen molar-refractivity contribution in [3.63, 3.8) is 0 Å². The molecule has 1 aromatic heterocycles. The molecule has 0 saturated carbocycles. The quantitative estimate of drug-likeness (QED) is 0.786. The van der Waals surface area contributed by atoms with E-state index in [1.165, 1.54) is 0 Å². The van der Waals surface area contributed by atoms with Gasteiger partial charge in [0.25, 0.3) is 0 Å². The van der Waals surface area contributed by atoms with Crippen molar-refractivity contribution in [2.75, 3.05) is 7.11 Å². The Morgan fingerprint density at radius 2 is 1.81 bits per heavy atom.